The highest BCUT2D eigenvalue weighted by Gasteiger charge is 2.29. The maximum absolute atomic E-state index is 12.7. The number of anilines is 1. The van der Waals surface area contributed by atoms with Gasteiger partial charge in [-0.2, -0.15) is 0 Å². The molecule has 2 fully saturated rings. The van der Waals surface area contributed by atoms with E-state index in [4.69, 9.17) is 0 Å². The Bertz CT molecular complexity index is 715. The zero-order valence-electron chi connectivity index (χ0n) is 18.8. The minimum Gasteiger partial charge on any atom is -0.352 e. The van der Waals surface area contributed by atoms with Crippen LogP contribution in [0.5, 0.6) is 0 Å². The van der Waals surface area contributed by atoms with Gasteiger partial charge >= 0.3 is 0 Å². The Morgan fingerprint density at radius 2 is 1.80 bits per heavy atom. The van der Waals surface area contributed by atoms with E-state index in [1.54, 1.807) is 0 Å². The summed E-state index contributed by atoms with van der Waals surface area (Å²) >= 11 is 0. The van der Waals surface area contributed by atoms with Gasteiger partial charge in [0.05, 0.1) is 12.6 Å². The molecule has 30 heavy (non-hydrogen) atoms. The summed E-state index contributed by atoms with van der Waals surface area (Å²) in [4.78, 5) is 29.7. The zero-order valence-corrected chi connectivity index (χ0v) is 18.8. The third kappa shape index (κ3) is 6.05. The second kappa shape index (κ2) is 10.9. The number of hydrogen-bond acceptors (Lipinski definition) is 4. The van der Waals surface area contributed by atoms with Crippen LogP contribution >= 0.6 is 0 Å². The van der Waals surface area contributed by atoms with Crippen LogP contribution in [-0.4, -0.2) is 66.4 Å². The fraction of sp³-hybridized carbons (Fsp3) is 0.667. The van der Waals surface area contributed by atoms with E-state index in [-0.39, 0.29) is 17.9 Å². The first kappa shape index (κ1) is 22.8. The van der Waals surface area contributed by atoms with Crippen molar-refractivity contribution < 1.29 is 9.59 Å². The highest BCUT2D eigenvalue weighted by atomic mass is 16.2. The quantitative estimate of drug-likeness (QED) is 0.720. The van der Waals surface area contributed by atoms with Crippen LogP contribution < -0.4 is 10.6 Å². The fourth-order valence-corrected chi connectivity index (χ4v) is 4.65. The number of nitrogens with one attached hydrogen (secondary N) is 2. The Morgan fingerprint density at radius 3 is 2.50 bits per heavy atom. The Kier molecular flexibility index (Phi) is 8.28. The summed E-state index contributed by atoms with van der Waals surface area (Å²) in [6, 6.07) is 8.17. The first-order valence-electron chi connectivity index (χ1n) is 11.6. The molecule has 3 unspecified atom stereocenters. The van der Waals surface area contributed by atoms with Gasteiger partial charge in [-0.15, -0.1) is 0 Å². The molecule has 0 spiro atoms. The lowest BCUT2D eigenvalue weighted by Crippen LogP contribution is -2.56. The van der Waals surface area contributed by atoms with Crippen LogP contribution in [0.25, 0.3) is 0 Å². The van der Waals surface area contributed by atoms with Gasteiger partial charge in [0.2, 0.25) is 11.8 Å². The van der Waals surface area contributed by atoms with Gasteiger partial charge in [-0.25, -0.2) is 0 Å². The smallest absolute Gasteiger partial charge is 0.238 e. The van der Waals surface area contributed by atoms with Crippen LogP contribution in [-0.2, 0) is 16.0 Å². The molecule has 1 aromatic rings. The minimum atomic E-state index is -0.119. The molecule has 2 aliphatic rings. The van der Waals surface area contributed by atoms with Gasteiger partial charge in [0.15, 0.2) is 0 Å². The summed E-state index contributed by atoms with van der Waals surface area (Å²) in [5.41, 5.74) is 2.06. The van der Waals surface area contributed by atoms with Gasteiger partial charge in [-0.05, 0) is 43.7 Å². The second-order valence-electron chi connectivity index (χ2n) is 8.92. The molecule has 1 aliphatic heterocycles. The molecule has 1 aromatic carbocycles. The van der Waals surface area contributed by atoms with E-state index >= 15 is 0 Å². The van der Waals surface area contributed by atoms with Crippen molar-refractivity contribution in [1.29, 1.82) is 0 Å². The number of piperazine rings is 1. The van der Waals surface area contributed by atoms with E-state index in [0.29, 0.717) is 18.5 Å². The molecule has 166 valence electrons. The molecule has 3 rings (SSSR count). The summed E-state index contributed by atoms with van der Waals surface area (Å²) in [5, 5.41) is 6.34. The molecule has 0 radical (unpaired) electrons. The lowest BCUT2D eigenvalue weighted by molar-refractivity contribution is -0.128. The van der Waals surface area contributed by atoms with Crippen LogP contribution in [0.3, 0.4) is 0 Å². The topological polar surface area (TPSA) is 64.7 Å². The molecule has 1 saturated carbocycles. The number of para-hydroxylation sites is 1. The van der Waals surface area contributed by atoms with Gasteiger partial charge in [0.1, 0.15) is 0 Å². The first-order chi connectivity index (χ1) is 14.5. The van der Waals surface area contributed by atoms with Crippen LogP contribution in [0.1, 0.15) is 52.0 Å². The third-order valence-corrected chi connectivity index (χ3v) is 6.81. The standard InChI is InChI=1S/C24H38N4O2/c1-4-20-10-6-8-12-22(20)25-23(29)17-27-13-15-28(16-14-27)19(3)24(30)26-21-11-7-5-9-18(21)2/h6,8,10,12,18-19,21H,4-5,7,9,11,13-17H2,1-3H3,(H,25,29)(H,26,30). The van der Waals surface area contributed by atoms with Crippen molar-refractivity contribution in [3.05, 3.63) is 29.8 Å². The minimum absolute atomic E-state index is 0.0291. The monoisotopic (exact) mass is 414 g/mol. The normalized spacial score (nSPS) is 24.2. The fourth-order valence-electron chi connectivity index (χ4n) is 4.65. The van der Waals surface area contributed by atoms with Crippen molar-refractivity contribution in [1.82, 2.24) is 15.1 Å². The summed E-state index contributed by atoms with van der Waals surface area (Å²) in [5.74, 6) is 0.751. The molecule has 6 heteroatoms. The van der Waals surface area contributed by atoms with Gasteiger partial charge in [0.25, 0.3) is 0 Å². The molecule has 2 amide bonds. The summed E-state index contributed by atoms with van der Waals surface area (Å²) < 4.78 is 0. The predicted molar refractivity (Wildman–Crippen MR) is 121 cm³/mol. The Morgan fingerprint density at radius 1 is 1.10 bits per heavy atom. The van der Waals surface area contributed by atoms with E-state index in [1.165, 1.54) is 19.3 Å². The summed E-state index contributed by atoms with van der Waals surface area (Å²) in [7, 11) is 0. The lowest BCUT2D eigenvalue weighted by atomic mass is 9.86. The average molecular weight is 415 g/mol. The zero-order chi connectivity index (χ0) is 21.5. The molecule has 6 nitrogen and oxygen atoms in total. The Balaban J connectivity index is 1.42. The van der Waals surface area contributed by atoms with Gasteiger partial charge in [-0.3, -0.25) is 19.4 Å². The molecular formula is C24H38N4O2. The molecule has 0 bridgehead atoms. The SMILES string of the molecule is CCc1ccccc1NC(=O)CN1CCN(C(C)C(=O)NC2CCCCC2C)CC1. The van der Waals surface area contributed by atoms with Crippen molar-refractivity contribution in [2.45, 2.75) is 65.0 Å². The number of aryl methyl sites for hydroxylation is 1. The first-order valence-corrected chi connectivity index (χ1v) is 11.6. The molecule has 1 saturated heterocycles. The highest BCUT2D eigenvalue weighted by molar-refractivity contribution is 5.93. The van der Waals surface area contributed by atoms with Crippen LogP contribution in [0.2, 0.25) is 0 Å². The molecule has 1 heterocycles. The number of nitrogens with zero attached hydrogens (tertiary/aromatic N) is 2. The molecule has 2 N–H and O–H groups in total. The third-order valence-electron chi connectivity index (χ3n) is 6.81. The van der Waals surface area contributed by atoms with E-state index in [1.807, 2.05) is 25.1 Å². The molecule has 3 atom stereocenters. The van der Waals surface area contributed by atoms with Crippen molar-refractivity contribution in [3.8, 4) is 0 Å². The van der Waals surface area contributed by atoms with E-state index in [9.17, 15) is 9.59 Å². The van der Waals surface area contributed by atoms with Crippen LogP contribution in [0.15, 0.2) is 24.3 Å². The number of rotatable bonds is 7. The summed E-state index contributed by atoms with van der Waals surface area (Å²) in [6.45, 7) is 9.98. The average Bonchev–Trinajstić information content (AvgIpc) is 2.75. The maximum Gasteiger partial charge on any atom is 0.238 e. The van der Waals surface area contributed by atoms with Crippen LogP contribution in [0, 0.1) is 5.92 Å². The highest BCUT2D eigenvalue weighted by Crippen LogP contribution is 2.24. The number of carbonyl (C=O) groups is 2. The largest absolute Gasteiger partial charge is 0.352 e. The van der Waals surface area contributed by atoms with E-state index in [0.717, 1.165) is 50.3 Å². The predicted octanol–water partition coefficient (Wildman–Crippen LogP) is 2.89. The summed E-state index contributed by atoms with van der Waals surface area (Å²) in [6.07, 6.45) is 5.71. The Hall–Kier alpha value is -1.92. The van der Waals surface area contributed by atoms with Crippen molar-refractivity contribution in [2.24, 2.45) is 5.92 Å². The van der Waals surface area contributed by atoms with Gasteiger partial charge in [-0.1, -0.05) is 44.9 Å². The van der Waals surface area contributed by atoms with Gasteiger partial charge in [0, 0.05) is 37.9 Å². The lowest BCUT2D eigenvalue weighted by Gasteiger charge is -2.38. The van der Waals surface area contributed by atoms with Crippen molar-refractivity contribution in [2.75, 3.05) is 38.0 Å². The molecule has 1 aliphatic carbocycles. The van der Waals surface area contributed by atoms with Crippen molar-refractivity contribution in [3.63, 3.8) is 0 Å². The molecular weight excluding hydrogens is 376 g/mol. The number of benzene rings is 1. The van der Waals surface area contributed by atoms with Crippen molar-refractivity contribution >= 4 is 17.5 Å². The maximum atomic E-state index is 12.7. The van der Waals surface area contributed by atoms with E-state index in [2.05, 4.69) is 40.3 Å². The Labute approximate surface area is 181 Å². The van der Waals surface area contributed by atoms with Crippen LogP contribution in [0.4, 0.5) is 5.69 Å². The molecule has 0 aromatic heterocycles. The van der Waals surface area contributed by atoms with Gasteiger partial charge < -0.3 is 10.6 Å². The van der Waals surface area contributed by atoms with E-state index < -0.39 is 0 Å². The number of carbonyl (C=O) groups excluding carboxylic acids is 2. The number of amides is 2. The number of hydrogen-bond donors (Lipinski definition) is 2. The second-order valence-corrected chi connectivity index (χ2v) is 8.92.